The number of nitrogens with zero attached hydrogens (tertiary/aromatic N) is 3. The van der Waals surface area contributed by atoms with Gasteiger partial charge in [0.05, 0.1) is 7.11 Å². The van der Waals surface area contributed by atoms with Gasteiger partial charge >= 0.3 is 5.97 Å². The van der Waals surface area contributed by atoms with Gasteiger partial charge in [0.15, 0.2) is 16.9 Å². The molecular formula is C14H15N3O4. The van der Waals surface area contributed by atoms with Crippen LogP contribution in [0.2, 0.25) is 0 Å². The minimum absolute atomic E-state index is 0.115. The van der Waals surface area contributed by atoms with Gasteiger partial charge in [-0.05, 0) is 25.3 Å². The summed E-state index contributed by atoms with van der Waals surface area (Å²) in [6.07, 6.45) is 4.22. The maximum absolute atomic E-state index is 11.9. The number of ether oxygens (including phenoxy) is 2. The van der Waals surface area contributed by atoms with Crippen LogP contribution in [0.25, 0.3) is 11.2 Å². The summed E-state index contributed by atoms with van der Waals surface area (Å²) in [4.78, 5) is 11.2. The number of rotatable bonds is 4. The fourth-order valence-corrected chi connectivity index (χ4v) is 1.84. The van der Waals surface area contributed by atoms with Crippen molar-refractivity contribution in [3.05, 3.63) is 48.2 Å². The van der Waals surface area contributed by atoms with E-state index in [1.165, 1.54) is 25.0 Å². The molecular weight excluding hydrogens is 274 g/mol. The molecule has 0 atom stereocenters. The normalized spacial score (nSPS) is 12.5. The van der Waals surface area contributed by atoms with E-state index in [4.69, 9.17) is 4.74 Å². The Morgan fingerprint density at radius 3 is 2.71 bits per heavy atom. The van der Waals surface area contributed by atoms with Gasteiger partial charge in [-0.2, -0.15) is 0 Å². The molecule has 0 saturated carbocycles. The molecule has 0 amide bonds. The number of hydrogen-bond donors (Lipinski definition) is 0. The molecule has 2 rings (SSSR count). The number of carbonyl (C=O) groups excluding carboxylic acids is 1. The van der Waals surface area contributed by atoms with Crippen molar-refractivity contribution in [1.82, 2.24) is 9.90 Å². The van der Waals surface area contributed by atoms with Gasteiger partial charge < -0.3 is 14.6 Å². The van der Waals surface area contributed by atoms with Gasteiger partial charge in [-0.3, -0.25) is 0 Å². The van der Waals surface area contributed by atoms with Crippen LogP contribution in [0.15, 0.2) is 42.5 Å². The number of allylic oxidation sites excluding steroid dienone is 2. The Labute approximate surface area is 121 Å². The van der Waals surface area contributed by atoms with Crippen molar-refractivity contribution < 1.29 is 23.9 Å². The number of esters is 1. The largest absolute Gasteiger partial charge is 0.614 e. The molecule has 0 aliphatic carbocycles. The van der Waals surface area contributed by atoms with Crippen molar-refractivity contribution in [2.24, 2.45) is 0 Å². The van der Waals surface area contributed by atoms with Gasteiger partial charge in [-0.1, -0.05) is 10.7 Å². The fraction of sp³-hybridized carbons (Fsp3) is 0.214. The second-order valence-corrected chi connectivity index (χ2v) is 4.15. The number of hydrogen-bond acceptors (Lipinski definition) is 5. The Bertz CT molecular complexity index is 731. The standard InChI is InChI=1S/C14H15N3O4/c1-10-11-6-4-5-9-16(11)15-17(10)12(14(19)21-3)7-8-13(18)20-2/h4-9H,1-3H3. The van der Waals surface area contributed by atoms with Crippen LogP contribution < -0.4 is 9.62 Å². The lowest BCUT2D eigenvalue weighted by molar-refractivity contribution is -0.583. The van der Waals surface area contributed by atoms with E-state index < -0.39 is 11.9 Å². The van der Waals surface area contributed by atoms with E-state index in [9.17, 15) is 9.90 Å². The molecule has 7 heteroatoms. The predicted octanol–water partition coefficient (Wildman–Crippen LogP) is -0.208. The molecule has 0 aliphatic heterocycles. The zero-order valence-corrected chi connectivity index (χ0v) is 11.9. The van der Waals surface area contributed by atoms with Crippen LogP contribution >= 0.6 is 0 Å². The molecule has 0 fully saturated rings. The third kappa shape index (κ3) is 2.86. The summed E-state index contributed by atoms with van der Waals surface area (Å²) in [5, 5.41) is 16.2. The monoisotopic (exact) mass is 289 g/mol. The van der Waals surface area contributed by atoms with E-state index in [0.717, 1.165) is 17.3 Å². The number of methoxy groups -OCH3 is 2. The maximum Gasteiger partial charge on any atom is 0.330 e. The van der Waals surface area contributed by atoms with E-state index in [1.54, 1.807) is 10.7 Å². The van der Waals surface area contributed by atoms with Gasteiger partial charge in [0.2, 0.25) is 0 Å². The van der Waals surface area contributed by atoms with Gasteiger partial charge in [0.1, 0.15) is 17.4 Å². The van der Waals surface area contributed by atoms with Crippen LogP contribution in [-0.2, 0) is 14.3 Å². The van der Waals surface area contributed by atoms with Crippen LogP contribution in [0.3, 0.4) is 0 Å². The summed E-state index contributed by atoms with van der Waals surface area (Å²) in [6.45, 7) is 1.82. The van der Waals surface area contributed by atoms with Gasteiger partial charge in [-0.25, -0.2) is 4.79 Å². The Hall–Kier alpha value is -2.83. The Morgan fingerprint density at radius 2 is 2.10 bits per heavy atom. The lowest BCUT2D eigenvalue weighted by Crippen LogP contribution is -2.24. The van der Waals surface area contributed by atoms with E-state index in [0.29, 0.717) is 0 Å². The van der Waals surface area contributed by atoms with Gasteiger partial charge in [-0.15, -0.1) is 4.52 Å². The molecule has 7 nitrogen and oxygen atoms in total. The number of aryl methyl sites for hydroxylation is 1. The van der Waals surface area contributed by atoms with Crippen LogP contribution in [0.5, 0.6) is 0 Å². The fourth-order valence-electron chi connectivity index (χ4n) is 1.84. The molecule has 2 heterocycles. The first-order valence-electron chi connectivity index (χ1n) is 6.16. The number of pyridine rings is 1. The third-order valence-electron chi connectivity index (χ3n) is 2.91. The second kappa shape index (κ2) is 6.08. The first-order chi connectivity index (χ1) is 10.1. The molecule has 0 spiro atoms. The van der Waals surface area contributed by atoms with E-state index in [1.807, 2.05) is 25.1 Å². The van der Waals surface area contributed by atoms with Crippen molar-refractivity contribution in [2.75, 3.05) is 14.2 Å². The van der Waals surface area contributed by atoms with Crippen molar-refractivity contribution in [3.8, 4) is 0 Å². The highest BCUT2D eigenvalue weighted by molar-refractivity contribution is 5.84. The molecule has 0 saturated heterocycles. The molecule has 2 aromatic rings. The van der Waals surface area contributed by atoms with Crippen LogP contribution in [0.4, 0.5) is 0 Å². The average molecular weight is 289 g/mol. The highest BCUT2D eigenvalue weighted by atomic mass is 16.6. The van der Waals surface area contributed by atoms with E-state index in [2.05, 4.69) is 9.95 Å². The summed E-state index contributed by atoms with van der Waals surface area (Å²) in [5.41, 5.74) is 1.69. The summed E-state index contributed by atoms with van der Waals surface area (Å²) in [7, 11) is 2.52. The topological polar surface area (TPSA) is 80.5 Å². The first kappa shape index (κ1) is 14.6. The zero-order chi connectivity index (χ0) is 15.4. The lowest BCUT2D eigenvalue weighted by Gasteiger charge is -2.10. The molecule has 21 heavy (non-hydrogen) atoms. The SMILES string of the molecule is COC(=O)/C=C/C(=C(/[O-])OC)n1n[n+]2ccccc2c1C. The van der Waals surface area contributed by atoms with Crippen molar-refractivity contribution in [1.29, 1.82) is 0 Å². The Balaban J connectivity index is 2.57. The number of fused-ring (bicyclic) bond motifs is 1. The molecule has 0 unspecified atom stereocenters. The third-order valence-corrected chi connectivity index (χ3v) is 2.91. The minimum atomic E-state index is -0.605. The highest BCUT2D eigenvalue weighted by Gasteiger charge is 2.19. The van der Waals surface area contributed by atoms with Crippen molar-refractivity contribution in [3.63, 3.8) is 0 Å². The minimum Gasteiger partial charge on any atom is -0.614 e. The molecule has 0 bridgehead atoms. The predicted molar refractivity (Wildman–Crippen MR) is 71.5 cm³/mol. The molecule has 110 valence electrons. The van der Waals surface area contributed by atoms with Crippen molar-refractivity contribution in [2.45, 2.75) is 6.92 Å². The van der Waals surface area contributed by atoms with Crippen LogP contribution in [-0.4, -0.2) is 30.1 Å². The van der Waals surface area contributed by atoms with Gasteiger partial charge in [0.25, 0.3) is 0 Å². The summed E-state index contributed by atoms with van der Waals surface area (Å²) < 4.78 is 12.3. The maximum atomic E-state index is 11.9. The Kier molecular flexibility index (Phi) is 4.22. The summed E-state index contributed by atoms with van der Waals surface area (Å²) in [6, 6.07) is 5.57. The molecule has 0 aliphatic rings. The van der Waals surface area contributed by atoms with E-state index in [-0.39, 0.29) is 5.70 Å². The number of aromatic nitrogens is 3. The van der Waals surface area contributed by atoms with E-state index >= 15 is 0 Å². The van der Waals surface area contributed by atoms with Gasteiger partial charge in [0, 0.05) is 13.0 Å². The second-order valence-electron chi connectivity index (χ2n) is 4.15. The zero-order valence-electron chi connectivity index (χ0n) is 11.9. The number of carbonyl (C=O) groups is 1. The smallest absolute Gasteiger partial charge is 0.330 e. The summed E-state index contributed by atoms with van der Waals surface area (Å²) >= 11 is 0. The average Bonchev–Trinajstić information content (AvgIpc) is 2.84. The quantitative estimate of drug-likeness (QED) is 0.256. The first-order valence-corrected chi connectivity index (χ1v) is 6.16. The molecule has 0 radical (unpaired) electrons. The van der Waals surface area contributed by atoms with Crippen molar-refractivity contribution >= 4 is 17.2 Å². The lowest BCUT2D eigenvalue weighted by atomic mass is 10.3. The molecule has 0 N–H and O–H groups in total. The molecule has 0 aromatic carbocycles. The van der Waals surface area contributed by atoms with Crippen LogP contribution in [0, 0.1) is 6.92 Å². The summed E-state index contributed by atoms with van der Waals surface area (Å²) in [5.74, 6) is -1.18. The molecule has 2 aromatic heterocycles. The Morgan fingerprint density at radius 1 is 1.33 bits per heavy atom. The van der Waals surface area contributed by atoms with Crippen LogP contribution in [0.1, 0.15) is 5.69 Å². The highest BCUT2D eigenvalue weighted by Crippen LogP contribution is 2.14.